The van der Waals surface area contributed by atoms with Gasteiger partial charge >= 0.3 is 0 Å². The number of rotatable bonds is 6. The monoisotopic (exact) mass is 425 g/mol. The van der Waals surface area contributed by atoms with Crippen molar-refractivity contribution in [3.05, 3.63) is 58.0 Å². The second-order valence-corrected chi connectivity index (χ2v) is 8.99. The zero-order chi connectivity index (χ0) is 22.1. The Bertz CT molecular complexity index is 1020. The lowest BCUT2D eigenvalue weighted by Crippen LogP contribution is -2.52. The van der Waals surface area contributed by atoms with Gasteiger partial charge in [-0.1, -0.05) is 12.1 Å². The molecule has 2 aliphatic heterocycles. The molecule has 0 aliphatic carbocycles. The van der Waals surface area contributed by atoms with E-state index in [2.05, 4.69) is 4.90 Å². The third kappa shape index (κ3) is 4.32. The maximum absolute atomic E-state index is 13.1. The van der Waals surface area contributed by atoms with Crippen molar-refractivity contribution in [1.29, 1.82) is 0 Å². The van der Waals surface area contributed by atoms with Crippen LogP contribution in [-0.4, -0.2) is 66.2 Å². The zero-order valence-electron chi connectivity index (χ0n) is 18.5. The fourth-order valence-electron chi connectivity index (χ4n) is 5.14. The van der Waals surface area contributed by atoms with Crippen molar-refractivity contribution < 1.29 is 14.6 Å². The summed E-state index contributed by atoms with van der Waals surface area (Å²) >= 11 is 0. The van der Waals surface area contributed by atoms with E-state index in [1.165, 1.54) is 7.11 Å². The smallest absolute Gasteiger partial charge is 0.251 e. The molecule has 2 aromatic rings. The molecule has 1 aromatic heterocycles. The highest BCUT2D eigenvalue weighted by molar-refractivity contribution is 5.76. The molecule has 3 heterocycles. The van der Waals surface area contributed by atoms with E-state index in [9.17, 15) is 14.7 Å². The van der Waals surface area contributed by atoms with Gasteiger partial charge in [-0.05, 0) is 56.6 Å². The minimum absolute atomic E-state index is 0.0557. The van der Waals surface area contributed by atoms with Crippen LogP contribution in [0.2, 0.25) is 0 Å². The molecule has 31 heavy (non-hydrogen) atoms. The lowest BCUT2D eigenvalue weighted by molar-refractivity contribution is -0.134. The van der Waals surface area contributed by atoms with Crippen molar-refractivity contribution >= 4 is 5.91 Å². The number of likely N-dealkylation sites (N-methyl/N-ethyl adjacent to an activating group) is 1. The number of likely N-dealkylation sites (tertiary alicyclic amines) is 1. The van der Waals surface area contributed by atoms with Gasteiger partial charge in [0.15, 0.2) is 11.5 Å². The number of amides is 1. The number of phenolic OH excluding ortho intramolecular Hbond substituents is 1. The van der Waals surface area contributed by atoms with Crippen molar-refractivity contribution in [3.8, 4) is 11.5 Å². The first-order valence-corrected chi connectivity index (χ1v) is 10.9. The van der Waals surface area contributed by atoms with Crippen molar-refractivity contribution in [1.82, 2.24) is 14.4 Å². The van der Waals surface area contributed by atoms with E-state index in [0.717, 1.165) is 24.2 Å². The molecule has 3 atom stereocenters. The van der Waals surface area contributed by atoms with E-state index < -0.39 is 0 Å². The standard InChI is InChI=1S/C24H31N3O4/c1-25(2)15-20-18-12-17(19-5-4-6-24(30)27(19)20)13-26(14-18)23(29)10-8-16-7-9-21(28)22(11-16)31-3/h4-7,9,11,17-18,20,28H,8,10,12-15H2,1-3H3/t17-,18+,20+/m1/s1. The molecule has 4 rings (SSSR count). The van der Waals surface area contributed by atoms with E-state index in [0.29, 0.717) is 31.7 Å². The van der Waals surface area contributed by atoms with Crippen LogP contribution < -0.4 is 10.3 Å². The number of fused-ring (bicyclic) bond motifs is 4. The highest BCUT2D eigenvalue weighted by atomic mass is 16.5. The molecular weight excluding hydrogens is 394 g/mol. The Hall–Kier alpha value is -2.80. The number of aryl methyl sites for hydroxylation is 1. The second kappa shape index (κ2) is 8.75. The molecule has 1 saturated heterocycles. The number of phenols is 1. The third-order valence-electron chi connectivity index (χ3n) is 6.57. The van der Waals surface area contributed by atoms with Crippen molar-refractivity contribution in [3.63, 3.8) is 0 Å². The highest BCUT2D eigenvalue weighted by Crippen LogP contribution is 2.41. The molecule has 1 fully saturated rings. The number of ether oxygens (including phenoxy) is 1. The topological polar surface area (TPSA) is 75.0 Å². The van der Waals surface area contributed by atoms with Crippen molar-refractivity contribution in [2.75, 3.05) is 40.8 Å². The van der Waals surface area contributed by atoms with Crippen LogP contribution in [0.1, 0.15) is 36.1 Å². The summed E-state index contributed by atoms with van der Waals surface area (Å²) in [6, 6.07) is 10.8. The molecular formula is C24H31N3O4. The van der Waals surface area contributed by atoms with E-state index in [1.807, 2.05) is 41.8 Å². The van der Waals surface area contributed by atoms with Gasteiger partial charge in [0.1, 0.15) is 0 Å². The highest BCUT2D eigenvalue weighted by Gasteiger charge is 2.41. The molecule has 7 nitrogen and oxygen atoms in total. The van der Waals surface area contributed by atoms with Crippen LogP contribution >= 0.6 is 0 Å². The lowest BCUT2D eigenvalue weighted by atomic mass is 9.78. The Balaban J connectivity index is 1.51. The first-order valence-electron chi connectivity index (χ1n) is 10.9. The maximum atomic E-state index is 13.1. The molecule has 0 radical (unpaired) electrons. The van der Waals surface area contributed by atoms with Crippen molar-refractivity contribution in [2.24, 2.45) is 5.92 Å². The Kier molecular flexibility index (Phi) is 6.05. The molecule has 2 aliphatic rings. The number of carbonyl (C=O) groups excluding carboxylic acids is 1. The minimum Gasteiger partial charge on any atom is -0.504 e. The molecule has 1 amide bonds. The molecule has 0 unspecified atom stereocenters. The summed E-state index contributed by atoms with van der Waals surface area (Å²) in [6.07, 6.45) is 2.02. The molecule has 1 N–H and O–H groups in total. The van der Waals surface area contributed by atoms with Crippen LogP contribution in [0.15, 0.2) is 41.2 Å². The summed E-state index contributed by atoms with van der Waals surface area (Å²) in [5.41, 5.74) is 2.07. The minimum atomic E-state index is 0.0557. The number of piperidine rings is 1. The van der Waals surface area contributed by atoms with Crippen LogP contribution in [0.4, 0.5) is 0 Å². The van der Waals surface area contributed by atoms with Crippen LogP contribution in [0, 0.1) is 5.92 Å². The fourth-order valence-corrected chi connectivity index (χ4v) is 5.14. The third-order valence-corrected chi connectivity index (χ3v) is 6.57. The van der Waals surface area contributed by atoms with E-state index >= 15 is 0 Å². The Morgan fingerprint density at radius 1 is 1.23 bits per heavy atom. The average molecular weight is 426 g/mol. The number of methoxy groups -OCH3 is 1. The normalized spacial score (nSPS) is 22.3. The summed E-state index contributed by atoms with van der Waals surface area (Å²) in [5.74, 6) is 1.13. The fraction of sp³-hybridized carbons (Fsp3) is 0.500. The van der Waals surface area contributed by atoms with Gasteiger partial charge in [-0.2, -0.15) is 0 Å². The van der Waals surface area contributed by atoms with Gasteiger partial charge in [0.25, 0.3) is 5.56 Å². The van der Waals surface area contributed by atoms with Gasteiger partial charge in [-0.25, -0.2) is 0 Å². The first-order chi connectivity index (χ1) is 14.9. The number of hydrogen-bond acceptors (Lipinski definition) is 5. The molecule has 166 valence electrons. The molecule has 0 saturated carbocycles. The molecule has 1 aromatic carbocycles. The largest absolute Gasteiger partial charge is 0.504 e. The number of pyridine rings is 1. The zero-order valence-corrected chi connectivity index (χ0v) is 18.5. The predicted molar refractivity (Wildman–Crippen MR) is 119 cm³/mol. The number of nitrogens with zero attached hydrogens (tertiary/aromatic N) is 3. The maximum Gasteiger partial charge on any atom is 0.251 e. The van der Waals surface area contributed by atoms with Gasteiger partial charge in [-0.15, -0.1) is 0 Å². The van der Waals surface area contributed by atoms with E-state index in [1.54, 1.807) is 18.2 Å². The quantitative estimate of drug-likeness (QED) is 0.768. The summed E-state index contributed by atoms with van der Waals surface area (Å²) in [5, 5.41) is 9.77. The first kappa shape index (κ1) is 21.4. The van der Waals surface area contributed by atoms with Gasteiger partial charge in [0, 0.05) is 43.7 Å². The Labute approximate surface area is 182 Å². The average Bonchev–Trinajstić information content (AvgIpc) is 2.75. The van der Waals surface area contributed by atoms with Crippen LogP contribution in [0.3, 0.4) is 0 Å². The van der Waals surface area contributed by atoms with E-state index in [-0.39, 0.29) is 35.1 Å². The molecule has 2 bridgehead atoms. The number of hydrogen-bond donors (Lipinski definition) is 1. The van der Waals surface area contributed by atoms with Gasteiger partial charge in [0.05, 0.1) is 13.2 Å². The number of aromatic nitrogens is 1. The lowest BCUT2D eigenvalue weighted by Gasteiger charge is -2.47. The van der Waals surface area contributed by atoms with Gasteiger partial charge in [0.2, 0.25) is 5.91 Å². The molecule has 7 heteroatoms. The SMILES string of the molecule is COc1cc(CCC(=O)N2C[C@H]3C[C@@H](C2)[C@H](CN(C)C)n2c3cccc2=O)ccc1O. The predicted octanol–water partition coefficient (Wildman–Crippen LogP) is 2.24. The van der Waals surface area contributed by atoms with Crippen molar-refractivity contribution in [2.45, 2.75) is 31.2 Å². The van der Waals surface area contributed by atoms with E-state index in [4.69, 9.17) is 4.74 Å². The number of benzene rings is 1. The summed E-state index contributed by atoms with van der Waals surface area (Å²) in [7, 11) is 5.57. The van der Waals surface area contributed by atoms with Crippen LogP contribution in [0.25, 0.3) is 0 Å². The number of carbonyl (C=O) groups is 1. The Morgan fingerprint density at radius 3 is 2.77 bits per heavy atom. The summed E-state index contributed by atoms with van der Waals surface area (Å²) in [6.45, 7) is 2.13. The van der Waals surface area contributed by atoms with Gasteiger partial charge < -0.3 is 24.2 Å². The van der Waals surface area contributed by atoms with Crippen LogP contribution in [0.5, 0.6) is 11.5 Å². The second-order valence-electron chi connectivity index (χ2n) is 8.99. The molecule has 0 spiro atoms. The Morgan fingerprint density at radius 2 is 2.03 bits per heavy atom. The summed E-state index contributed by atoms with van der Waals surface area (Å²) < 4.78 is 7.14. The number of aromatic hydroxyl groups is 1. The summed E-state index contributed by atoms with van der Waals surface area (Å²) in [4.78, 5) is 29.9. The van der Waals surface area contributed by atoms with Gasteiger partial charge in [-0.3, -0.25) is 9.59 Å². The van der Waals surface area contributed by atoms with Crippen LogP contribution in [-0.2, 0) is 11.2 Å².